The molecule has 26 heavy (non-hydrogen) atoms. The van der Waals surface area contributed by atoms with E-state index in [0.29, 0.717) is 5.56 Å². The number of fused-ring (bicyclic) bond motifs is 1. The van der Waals surface area contributed by atoms with Crippen LogP contribution in [0.4, 0.5) is 4.39 Å². The molecule has 0 aliphatic rings. The first-order valence-electron chi connectivity index (χ1n) is 7.78. The molecule has 0 unspecified atom stereocenters. The molecule has 0 aliphatic heterocycles. The van der Waals surface area contributed by atoms with E-state index in [9.17, 15) is 9.18 Å². The second-order valence-electron chi connectivity index (χ2n) is 5.65. The van der Waals surface area contributed by atoms with E-state index in [0.717, 1.165) is 22.0 Å². The van der Waals surface area contributed by atoms with Crippen LogP contribution in [0.25, 0.3) is 22.0 Å². The molecule has 0 spiro atoms. The van der Waals surface area contributed by atoms with Crippen molar-refractivity contribution < 1.29 is 34.4 Å². The maximum atomic E-state index is 13.3. The Morgan fingerprint density at radius 2 is 1.92 bits per heavy atom. The van der Waals surface area contributed by atoms with Crippen LogP contribution in [-0.4, -0.2) is 15.9 Å². The number of pyridine rings is 1. The third kappa shape index (κ3) is 5.87. The normalized spacial score (nSPS) is 10.5. The standard InChI is InChI=1S/C16H11FN.C5H8O2.Ir/c1-11-10-13(6-7-15(11)17)16-14-5-3-2-4-12(14)8-9-18-16;1-4(6)3-5(2)7;/h2-5,7-10H,1H3;3,6H,1-2H3;/q-1;;. The van der Waals surface area contributed by atoms with Crippen molar-refractivity contribution in [1.82, 2.24) is 4.98 Å². The predicted molar refractivity (Wildman–Crippen MR) is 97.8 cm³/mol. The van der Waals surface area contributed by atoms with Crippen molar-refractivity contribution in [3.63, 3.8) is 0 Å². The molecule has 0 fully saturated rings. The molecule has 0 saturated carbocycles. The zero-order valence-corrected chi connectivity index (χ0v) is 17.1. The summed E-state index contributed by atoms with van der Waals surface area (Å²) in [6, 6.07) is 16.1. The molecule has 137 valence electrons. The third-order valence-electron chi connectivity index (χ3n) is 3.43. The molecule has 3 nitrogen and oxygen atoms in total. The molecule has 1 N–H and O–H groups in total. The molecule has 0 bridgehead atoms. The van der Waals surface area contributed by atoms with Gasteiger partial charge in [0.2, 0.25) is 0 Å². The van der Waals surface area contributed by atoms with Crippen LogP contribution in [0.3, 0.4) is 0 Å². The first-order chi connectivity index (χ1) is 11.9. The van der Waals surface area contributed by atoms with Gasteiger partial charge in [-0.25, -0.2) is 0 Å². The van der Waals surface area contributed by atoms with Crippen molar-refractivity contribution in [2.75, 3.05) is 0 Å². The van der Waals surface area contributed by atoms with Crippen molar-refractivity contribution in [3.8, 4) is 11.3 Å². The molecule has 1 aromatic heterocycles. The minimum Gasteiger partial charge on any atom is -0.512 e. The van der Waals surface area contributed by atoms with E-state index in [-0.39, 0.29) is 37.5 Å². The van der Waals surface area contributed by atoms with E-state index in [4.69, 9.17) is 5.11 Å². The topological polar surface area (TPSA) is 50.2 Å². The molecule has 0 saturated heterocycles. The summed E-state index contributed by atoms with van der Waals surface area (Å²) in [5, 5.41) is 10.5. The van der Waals surface area contributed by atoms with Crippen molar-refractivity contribution in [3.05, 3.63) is 77.9 Å². The van der Waals surface area contributed by atoms with Crippen molar-refractivity contribution >= 4 is 16.6 Å². The van der Waals surface area contributed by atoms with E-state index in [1.807, 2.05) is 30.3 Å². The molecule has 3 rings (SSSR count). The Labute approximate surface area is 165 Å². The van der Waals surface area contributed by atoms with E-state index in [1.165, 1.54) is 26.0 Å². The first kappa shape index (κ1) is 21.7. The number of aryl methyl sites for hydroxylation is 1. The van der Waals surface area contributed by atoms with Gasteiger partial charge in [-0.15, -0.1) is 23.8 Å². The number of ketones is 1. The zero-order chi connectivity index (χ0) is 18.4. The van der Waals surface area contributed by atoms with Gasteiger partial charge in [-0.1, -0.05) is 36.8 Å². The molecule has 2 aromatic carbocycles. The van der Waals surface area contributed by atoms with Gasteiger partial charge in [0.15, 0.2) is 5.78 Å². The Hall–Kier alpha value is -2.36. The molecule has 1 radical (unpaired) electrons. The van der Waals surface area contributed by atoms with Gasteiger partial charge in [-0.3, -0.25) is 9.18 Å². The van der Waals surface area contributed by atoms with Crippen LogP contribution < -0.4 is 0 Å². The summed E-state index contributed by atoms with van der Waals surface area (Å²) in [6.45, 7) is 4.60. The minimum atomic E-state index is -0.237. The fourth-order valence-corrected chi connectivity index (χ4v) is 2.35. The SMILES string of the molecule is CC(=O)C=C(C)O.Cc1cc(-c2nccc3ccccc23)[c-]cc1F.[Ir]. The van der Waals surface area contributed by atoms with E-state index >= 15 is 0 Å². The van der Waals surface area contributed by atoms with Gasteiger partial charge in [0.25, 0.3) is 0 Å². The van der Waals surface area contributed by atoms with Crippen molar-refractivity contribution in [2.24, 2.45) is 0 Å². The summed E-state index contributed by atoms with van der Waals surface area (Å²) in [4.78, 5) is 14.4. The summed E-state index contributed by atoms with van der Waals surface area (Å²) >= 11 is 0. The number of allylic oxidation sites excluding steroid dienone is 2. The van der Waals surface area contributed by atoms with Gasteiger partial charge in [-0.05, 0) is 36.4 Å². The van der Waals surface area contributed by atoms with Crippen molar-refractivity contribution in [1.29, 1.82) is 0 Å². The summed E-state index contributed by atoms with van der Waals surface area (Å²) in [7, 11) is 0. The number of carbonyl (C=O) groups is 1. The number of carbonyl (C=O) groups excluding carboxylic acids is 1. The second-order valence-corrected chi connectivity index (χ2v) is 5.65. The average Bonchev–Trinajstić information content (AvgIpc) is 2.56. The number of benzene rings is 2. The second kappa shape index (κ2) is 9.95. The fourth-order valence-electron chi connectivity index (χ4n) is 2.35. The maximum Gasteiger partial charge on any atom is 0.155 e. The van der Waals surface area contributed by atoms with Crippen LogP contribution in [-0.2, 0) is 24.9 Å². The van der Waals surface area contributed by atoms with Gasteiger partial charge >= 0.3 is 0 Å². The van der Waals surface area contributed by atoms with E-state index < -0.39 is 0 Å². The maximum absolute atomic E-state index is 13.3. The number of aliphatic hydroxyl groups is 1. The number of rotatable bonds is 2. The van der Waals surface area contributed by atoms with Gasteiger partial charge in [0, 0.05) is 38.2 Å². The van der Waals surface area contributed by atoms with Crippen LogP contribution in [0.5, 0.6) is 0 Å². The van der Waals surface area contributed by atoms with Crippen LogP contribution in [0, 0.1) is 18.8 Å². The van der Waals surface area contributed by atoms with Gasteiger partial charge < -0.3 is 10.1 Å². The summed E-state index contributed by atoms with van der Waals surface area (Å²) in [5.74, 6) is -0.300. The molecule has 3 aromatic rings. The number of aromatic nitrogens is 1. The Morgan fingerprint density at radius 3 is 2.50 bits per heavy atom. The smallest absolute Gasteiger partial charge is 0.155 e. The molecule has 5 heteroatoms. The third-order valence-corrected chi connectivity index (χ3v) is 3.43. The molecule has 0 aliphatic carbocycles. The van der Waals surface area contributed by atoms with Gasteiger partial charge in [0.1, 0.15) is 0 Å². The first-order valence-corrected chi connectivity index (χ1v) is 7.78. The number of halogens is 1. The molecule has 1 heterocycles. The predicted octanol–water partition coefficient (Wildman–Crippen LogP) is 5.18. The summed E-state index contributed by atoms with van der Waals surface area (Å²) < 4.78 is 13.3. The van der Waals surface area contributed by atoms with Crippen molar-refractivity contribution in [2.45, 2.75) is 20.8 Å². The average molecular weight is 529 g/mol. The number of aliphatic hydroxyl groups excluding tert-OH is 1. The quantitative estimate of drug-likeness (QED) is 0.283. The monoisotopic (exact) mass is 529 g/mol. The van der Waals surface area contributed by atoms with Gasteiger partial charge in [0.05, 0.1) is 5.76 Å². The number of hydrogen-bond acceptors (Lipinski definition) is 3. The molecular formula is C21H19FIrNO2-. The van der Waals surface area contributed by atoms with Crippen LogP contribution in [0.15, 0.2) is 60.5 Å². The Kier molecular flexibility index (Phi) is 8.30. The summed E-state index contributed by atoms with van der Waals surface area (Å²) in [5.41, 5.74) is 2.28. The van der Waals surface area contributed by atoms with E-state index in [1.54, 1.807) is 19.2 Å². The largest absolute Gasteiger partial charge is 0.512 e. The summed E-state index contributed by atoms with van der Waals surface area (Å²) in [6.07, 6.45) is 2.93. The molecule has 0 amide bonds. The molecule has 0 atom stereocenters. The Morgan fingerprint density at radius 1 is 1.23 bits per heavy atom. The van der Waals surface area contributed by atoms with Crippen LogP contribution in [0.2, 0.25) is 0 Å². The minimum absolute atomic E-state index is 0. The zero-order valence-electron chi connectivity index (χ0n) is 14.7. The fraction of sp³-hybridized carbons (Fsp3) is 0.143. The van der Waals surface area contributed by atoms with Crippen LogP contribution in [0.1, 0.15) is 19.4 Å². The van der Waals surface area contributed by atoms with E-state index in [2.05, 4.69) is 11.1 Å². The van der Waals surface area contributed by atoms with Gasteiger partial charge in [-0.2, -0.15) is 0 Å². The Balaban J connectivity index is 0.000000366. The number of hydrogen-bond donors (Lipinski definition) is 1. The Bertz CT molecular complexity index is 929. The van der Waals surface area contributed by atoms with Crippen LogP contribution >= 0.6 is 0 Å². The molecular weight excluding hydrogens is 509 g/mol. The number of nitrogens with zero attached hydrogens (tertiary/aromatic N) is 1.